The molecule has 0 radical (unpaired) electrons. The Morgan fingerprint density at radius 3 is 1.84 bits per heavy atom. The lowest BCUT2D eigenvalue weighted by Crippen LogP contribution is -2.36. The molecular formula is C23H26FNO7. The normalized spacial score (nSPS) is 11.8. The number of nitro groups is 1. The topological polar surface area (TPSA) is 105 Å². The molecule has 2 aromatic carbocycles. The standard InChI is InChI=1S/C23H26FNO7/c1-22(2,3)31-20(26)17(21(27)32-23(4,5)6)15-12-13-16(25(28)29)19(18(15)24)30-14-10-8-7-9-11-14/h7-13,17H,1-6H3. The Kier molecular flexibility index (Phi) is 7.23. The summed E-state index contributed by atoms with van der Waals surface area (Å²) in [7, 11) is 0. The lowest BCUT2D eigenvalue weighted by atomic mass is 9.96. The average molecular weight is 447 g/mol. The minimum absolute atomic E-state index is 0.137. The summed E-state index contributed by atoms with van der Waals surface area (Å²) >= 11 is 0. The zero-order chi connectivity index (χ0) is 24.3. The minimum atomic E-state index is -1.81. The van der Waals surface area contributed by atoms with Crippen LogP contribution in [0.5, 0.6) is 11.5 Å². The maximum Gasteiger partial charge on any atom is 0.325 e. The first-order chi connectivity index (χ1) is 14.7. The second-order valence-electron chi connectivity index (χ2n) is 8.99. The van der Waals surface area contributed by atoms with Gasteiger partial charge in [-0.15, -0.1) is 0 Å². The zero-order valence-electron chi connectivity index (χ0n) is 18.8. The molecule has 2 rings (SSSR count). The van der Waals surface area contributed by atoms with Crippen LogP contribution < -0.4 is 4.74 Å². The molecule has 0 fully saturated rings. The van der Waals surface area contributed by atoms with Gasteiger partial charge in [0.05, 0.1) is 4.92 Å². The van der Waals surface area contributed by atoms with Gasteiger partial charge in [0.1, 0.15) is 17.0 Å². The molecule has 0 aromatic heterocycles. The van der Waals surface area contributed by atoms with Crippen LogP contribution in [0.4, 0.5) is 10.1 Å². The van der Waals surface area contributed by atoms with E-state index in [4.69, 9.17) is 14.2 Å². The van der Waals surface area contributed by atoms with Crippen molar-refractivity contribution in [2.24, 2.45) is 0 Å². The first kappa shape index (κ1) is 24.8. The molecule has 8 nitrogen and oxygen atoms in total. The number of nitrogens with zero attached hydrogens (tertiary/aromatic N) is 1. The van der Waals surface area contributed by atoms with Crippen LogP contribution in [0.2, 0.25) is 0 Å². The third-order valence-electron chi connectivity index (χ3n) is 3.86. The molecule has 0 N–H and O–H groups in total. The number of nitro benzene ring substituents is 1. The van der Waals surface area contributed by atoms with Crippen molar-refractivity contribution in [3.8, 4) is 11.5 Å². The van der Waals surface area contributed by atoms with Crippen LogP contribution in [0.25, 0.3) is 0 Å². The lowest BCUT2D eigenvalue weighted by Gasteiger charge is -2.26. The Morgan fingerprint density at radius 2 is 1.41 bits per heavy atom. The van der Waals surface area contributed by atoms with Crippen molar-refractivity contribution in [2.45, 2.75) is 58.7 Å². The second kappa shape index (κ2) is 9.33. The quantitative estimate of drug-likeness (QED) is 0.256. The molecule has 0 heterocycles. The van der Waals surface area contributed by atoms with Crippen molar-refractivity contribution in [1.29, 1.82) is 0 Å². The predicted octanol–water partition coefficient (Wildman–Crippen LogP) is 5.29. The van der Waals surface area contributed by atoms with Gasteiger partial charge in [0.25, 0.3) is 0 Å². The summed E-state index contributed by atoms with van der Waals surface area (Å²) < 4.78 is 31.6. The van der Waals surface area contributed by atoms with Crippen LogP contribution in [0.1, 0.15) is 53.0 Å². The number of para-hydroxylation sites is 1. The molecule has 0 spiro atoms. The van der Waals surface area contributed by atoms with E-state index >= 15 is 4.39 Å². The number of rotatable bonds is 6. The first-order valence-corrected chi connectivity index (χ1v) is 9.85. The van der Waals surface area contributed by atoms with Gasteiger partial charge in [0.15, 0.2) is 11.7 Å². The number of ether oxygens (including phenoxy) is 3. The smallest absolute Gasteiger partial charge is 0.325 e. The van der Waals surface area contributed by atoms with Crippen LogP contribution in [0.3, 0.4) is 0 Å². The predicted molar refractivity (Wildman–Crippen MR) is 114 cm³/mol. The molecule has 0 amide bonds. The summed E-state index contributed by atoms with van der Waals surface area (Å²) in [6, 6.07) is 9.82. The van der Waals surface area contributed by atoms with E-state index in [0.717, 1.165) is 12.1 Å². The van der Waals surface area contributed by atoms with Gasteiger partial charge in [0, 0.05) is 11.6 Å². The maximum atomic E-state index is 15.6. The third-order valence-corrected chi connectivity index (χ3v) is 3.86. The Morgan fingerprint density at radius 1 is 0.906 bits per heavy atom. The largest absolute Gasteiger partial charge is 0.459 e. The van der Waals surface area contributed by atoms with Crippen molar-refractivity contribution in [2.75, 3.05) is 0 Å². The van der Waals surface area contributed by atoms with Crippen molar-refractivity contribution in [3.63, 3.8) is 0 Å². The maximum absolute atomic E-state index is 15.6. The van der Waals surface area contributed by atoms with Crippen LogP contribution >= 0.6 is 0 Å². The number of carbonyl (C=O) groups excluding carboxylic acids is 2. The summed E-state index contributed by atoms with van der Waals surface area (Å²) in [6.07, 6.45) is 0. The number of hydrogen-bond acceptors (Lipinski definition) is 7. The van der Waals surface area contributed by atoms with E-state index in [0.29, 0.717) is 0 Å². The lowest BCUT2D eigenvalue weighted by molar-refractivity contribution is -0.385. The van der Waals surface area contributed by atoms with E-state index < -0.39 is 56.8 Å². The minimum Gasteiger partial charge on any atom is -0.459 e. The molecule has 9 heteroatoms. The number of halogens is 1. The van der Waals surface area contributed by atoms with E-state index in [2.05, 4.69) is 0 Å². The summed E-state index contributed by atoms with van der Waals surface area (Å²) in [4.78, 5) is 36.4. The number of esters is 2. The van der Waals surface area contributed by atoms with Crippen molar-refractivity contribution in [3.05, 3.63) is 64.0 Å². The molecule has 172 valence electrons. The molecule has 0 saturated heterocycles. The van der Waals surface area contributed by atoms with Gasteiger partial charge in [0.2, 0.25) is 5.75 Å². The molecule has 2 aromatic rings. The first-order valence-electron chi connectivity index (χ1n) is 9.85. The molecule has 32 heavy (non-hydrogen) atoms. The van der Waals surface area contributed by atoms with Gasteiger partial charge < -0.3 is 14.2 Å². The van der Waals surface area contributed by atoms with Crippen LogP contribution in [-0.4, -0.2) is 28.1 Å². The fourth-order valence-electron chi connectivity index (χ4n) is 2.70. The van der Waals surface area contributed by atoms with Crippen LogP contribution in [0.15, 0.2) is 42.5 Å². The average Bonchev–Trinajstić information content (AvgIpc) is 2.62. The number of benzene rings is 2. The van der Waals surface area contributed by atoms with Crippen LogP contribution in [-0.2, 0) is 19.1 Å². The molecule has 0 aliphatic rings. The Balaban J connectivity index is 2.64. The highest BCUT2D eigenvalue weighted by atomic mass is 19.1. The van der Waals surface area contributed by atoms with Crippen molar-refractivity contribution < 1.29 is 33.1 Å². The van der Waals surface area contributed by atoms with Crippen molar-refractivity contribution >= 4 is 17.6 Å². The zero-order valence-corrected chi connectivity index (χ0v) is 18.8. The van der Waals surface area contributed by atoms with Gasteiger partial charge in [-0.25, -0.2) is 4.39 Å². The van der Waals surface area contributed by atoms with Gasteiger partial charge in [-0.05, 0) is 59.7 Å². The van der Waals surface area contributed by atoms with Gasteiger partial charge in [-0.3, -0.25) is 19.7 Å². The Bertz CT molecular complexity index is 979. The fourth-order valence-corrected chi connectivity index (χ4v) is 2.70. The molecule has 0 atom stereocenters. The Hall–Kier alpha value is -3.49. The summed E-state index contributed by atoms with van der Waals surface area (Å²) in [5.74, 6) is -5.74. The van der Waals surface area contributed by atoms with E-state index in [1.54, 1.807) is 59.7 Å². The van der Waals surface area contributed by atoms with E-state index in [1.807, 2.05) is 0 Å². The summed E-state index contributed by atoms with van der Waals surface area (Å²) in [5, 5.41) is 11.5. The molecule has 0 aliphatic carbocycles. The van der Waals surface area contributed by atoms with E-state index in [9.17, 15) is 19.7 Å². The third kappa shape index (κ3) is 6.50. The second-order valence-corrected chi connectivity index (χ2v) is 8.99. The molecular weight excluding hydrogens is 421 g/mol. The summed E-state index contributed by atoms with van der Waals surface area (Å²) in [5.41, 5.74) is -3.07. The molecule has 0 aliphatic heterocycles. The monoisotopic (exact) mass is 447 g/mol. The summed E-state index contributed by atoms with van der Waals surface area (Å²) in [6.45, 7) is 9.54. The van der Waals surface area contributed by atoms with Gasteiger partial charge in [-0.1, -0.05) is 18.2 Å². The molecule has 0 bridgehead atoms. The fraction of sp³-hybridized carbons (Fsp3) is 0.391. The van der Waals surface area contributed by atoms with Gasteiger partial charge >= 0.3 is 17.6 Å². The number of carbonyl (C=O) groups is 2. The van der Waals surface area contributed by atoms with E-state index in [1.165, 1.54) is 12.1 Å². The van der Waals surface area contributed by atoms with E-state index in [-0.39, 0.29) is 5.75 Å². The molecule has 0 unspecified atom stereocenters. The highest BCUT2D eigenvalue weighted by molar-refractivity contribution is 6.01. The highest BCUT2D eigenvalue weighted by Crippen LogP contribution is 2.39. The van der Waals surface area contributed by atoms with Crippen LogP contribution in [0, 0.1) is 15.9 Å². The van der Waals surface area contributed by atoms with Gasteiger partial charge in [-0.2, -0.15) is 0 Å². The Labute approximate surface area is 185 Å². The SMILES string of the molecule is CC(C)(C)OC(=O)C(C(=O)OC(C)(C)C)c1ccc([N+](=O)[O-])c(Oc2ccccc2)c1F. The highest BCUT2D eigenvalue weighted by Gasteiger charge is 2.40. The van der Waals surface area contributed by atoms with Crippen molar-refractivity contribution in [1.82, 2.24) is 0 Å². The molecule has 0 saturated carbocycles. The number of hydrogen-bond donors (Lipinski definition) is 0.